The predicted molar refractivity (Wildman–Crippen MR) is 198 cm³/mol. The van der Waals surface area contributed by atoms with Gasteiger partial charge in [-0.05, 0) is 90.4 Å². The van der Waals surface area contributed by atoms with Crippen molar-refractivity contribution in [1.82, 2.24) is 16.0 Å². The SMILES string of the molecule is [2H]c1c([2H])c([2H])c(C([2H])([2H])[C@]([2H])(CC(=O)[C@@H](CCCN=C(N)N)NC(=O)[C@@H](CC(=O)OC(C)(C)C)Cc2ccccc2)C(=O)N[C@@H](CCCCNC)C(N)=O)c([2H])c1[2H]. The van der Waals surface area contributed by atoms with Crippen LogP contribution in [0.4, 0.5) is 0 Å². The molecule has 51 heavy (non-hydrogen) atoms. The zero-order valence-corrected chi connectivity index (χ0v) is 29.8. The third-order valence-corrected chi connectivity index (χ3v) is 7.40. The minimum Gasteiger partial charge on any atom is -0.460 e. The molecule has 0 aromatic heterocycles. The van der Waals surface area contributed by atoms with Gasteiger partial charge in [-0.15, -0.1) is 0 Å². The molecule has 0 fully saturated rings. The van der Waals surface area contributed by atoms with Crippen molar-refractivity contribution in [3.05, 3.63) is 71.7 Å². The number of unbranched alkanes of at least 4 members (excludes halogenated alkanes) is 1. The number of carbonyl (C=O) groups excluding carboxylic acids is 5. The first-order chi connectivity index (χ1) is 27.4. The lowest BCUT2D eigenvalue weighted by molar-refractivity contribution is -0.157. The summed E-state index contributed by atoms with van der Waals surface area (Å²) >= 11 is 0. The monoisotopic (exact) mass is 715 g/mol. The number of carbonyl (C=O) groups is 5. The molecule has 0 aliphatic heterocycles. The second kappa shape index (κ2) is 22.1. The lowest BCUT2D eigenvalue weighted by atomic mass is 9.89. The van der Waals surface area contributed by atoms with E-state index in [1.807, 2.05) is 0 Å². The summed E-state index contributed by atoms with van der Waals surface area (Å²) in [6.45, 7) is 5.49. The van der Waals surface area contributed by atoms with Crippen molar-refractivity contribution in [2.45, 2.75) is 96.2 Å². The number of hydrogen-bond donors (Lipinski definition) is 6. The Hall–Kier alpha value is -4.78. The van der Waals surface area contributed by atoms with Crippen LogP contribution in [-0.4, -0.2) is 73.3 Å². The number of amides is 3. The molecule has 4 atom stereocenters. The number of nitrogens with zero attached hydrogens (tertiary/aromatic N) is 1. The molecule has 2 aromatic carbocycles. The van der Waals surface area contributed by atoms with E-state index in [1.165, 1.54) is 0 Å². The fourth-order valence-electron chi connectivity index (χ4n) is 4.97. The summed E-state index contributed by atoms with van der Waals surface area (Å²) in [5.41, 5.74) is 15.2. The molecule has 0 saturated carbocycles. The third kappa shape index (κ3) is 17.6. The number of aliphatic imine (C=N–C) groups is 1. The first kappa shape index (κ1) is 31.0. The van der Waals surface area contributed by atoms with Crippen molar-refractivity contribution in [2.24, 2.45) is 34.0 Å². The summed E-state index contributed by atoms with van der Waals surface area (Å²) in [6.07, 6.45) is -4.53. The Morgan fingerprint density at radius 3 is 2.14 bits per heavy atom. The van der Waals surface area contributed by atoms with Gasteiger partial charge in [0.05, 0.1) is 25.2 Å². The normalized spacial score (nSPS) is 16.7. The summed E-state index contributed by atoms with van der Waals surface area (Å²) < 4.78 is 74.6. The molecule has 13 nitrogen and oxygen atoms in total. The Morgan fingerprint density at radius 2 is 1.53 bits per heavy atom. The maximum atomic E-state index is 14.5. The molecular weight excluding hydrogens is 650 g/mol. The highest BCUT2D eigenvalue weighted by Crippen LogP contribution is 2.20. The number of nitrogens with two attached hydrogens (primary N) is 3. The summed E-state index contributed by atoms with van der Waals surface area (Å²) in [5, 5.41) is 7.81. The van der Waals surface area contributed by atoms with Crippen LogP contribution in [0.25, 0.3) is 0 Å². The molecule has 0 radical (unpaired) electrons. The summed E-state index contributed by atoms with van der Waals surface area (Å²) in [6, 6.07) is 0.785. The summed E-state index contributed by atoms with van der Waals surface area (Å²) in [5.74, 6) is -9.85. The Kier molecular flexibility index (Phi) is 13.4. The number of ether oxygens (including phenoxy) is 1. The van der Waals surface area contributed by atoms with Crippen molar-refractivity contribution in [3.8, 4) is 0 Å². The molecule has 2 aromatic rings. The Labute approximate surface area is 313 Å². The topological polar surface area (TPSA) is 221 Å². The number of ketones is 1. The van der Waals surface area contributed by atoms with E-state index in [0.717, 1.165) is 0 Å². The lowest BCUT2D eigenvalue weighted by Gasteiger charge is -2.26. The molecule has 0 saturated heterocycles. The molecule has 0 aliphatic rings. The van der Waals surface area contributed by atoms with Crippen LogP contribution in [0.15, 0.2) is 65.5 Å². The Balaban J connectivity index is 2.73. The maximum Gasteiger partial charge on any atom is 0.307 e. The molecule has 3 amide bonds. The molecule has 280 valence electrons. The standard InChI is InChI=1S/C38H57N7O6/c1-38(2,3)51-33(47)25-29(23-27-16-9-6-10-17-27)36(50)44-30(19-13-21-43-37(40)41)32(46)24-28(22-26-14-7-5-8-15-26)35(49)45-31(34(39)48)18-11-12-20-42-4/h5-10,14-17,28-31,42H,11-13,18-25H2,1-4H3,(H2,39,48)(H,44,50)(H,45,49)(H4,40,41,43)/t28-,29-,30-,31+/m1/s1/i5D,7D,8D,14D,15D,22D2,28D. The van der Waals surface area contributed by atoms with Gasteiger partial charge in [-0.25, -0.2) is 0 Å². The van der Waals surface area contributed by atoms with Gasteiger partial charge in [0, 0.05) is 23.0 Å². The molecule has 2 rings (SSSR count). The van der Waals surface area contributed by atoms with E-state index in [1.54, 1.807) is 58.2 Å². The van der Waals surface area contributed by atoms with Gasteiger partial charge >= 0.3 is 5.97 Å². The Morgan fingerprint density at radius 1 is 0.882 bits per heavy atom. The van der Waals surface area contributed by atoms with E-state index in [-0.39, 0.29) is 38.2 Å². The van der Waals surface area contributed by atoms with Crippen LogP contribution in [-0.2, 0) is 41.5 Å². The van der Waals surface area contributed by atoms with E-state index < -0.39 is 114 Å². The van der Waals surface area contributed by atoms with E-state index in [4.69, 9.17) is 31.5 Å². The number of nitrogens with one attached hydrogen (secondary N) is 3. The fraction of sp³-hybridized carbons (Fsp3) is 0.526. The van der Waals surface area contributed by atoms with Crippen molar-refractivity contribution in [2.75, 3.05) is 20.1 Å². The van der Waals surface area contributed by atoms with Crippen molar-refractivity contribution in [1.29, 1.82) is 0 Å². The predicted octanol–water partition coefficient (Wildman–Crippen LogP) is 2.29. The van der Waals surface area contributed by atoms with E-state index >= 15 is 0 Å². The number of primary amides is 1. The second-order valence-electron chi connectivity index (χ2n) is 13.0. The van der Waals surface area contributed by atoms with Gasteiger partial charge < -0.3 is 37.9 Å². The number of guanidine groups is 1. The zero-order valence-electron chi connectivity index (χ0n) is 37.8. The highest BCUT2D eigenvalue weighted by atomic mass is 16.6. The van der Waals surface area contributed by atoms with Crippen LogP contribution in [0.2, 0.25) is 0 Å². The fourth-order valence-corrected chi connectivity index (χ4v) is 4.97. The second-order valence-corrected chi connectivity index (χ2v) is 13.0. The van der Waals surface area contributed by atoms with Crippen LogP contribution in [0.5, 0.6) is 0 Å². The molecule has 0 spiro atoms. The van der Waals surface area contributed by atoms with Crippen molar-refractivity contribution >= 4 is 35.4 Å². The van der Waals surface area contributed by atoms with Crippen LogP contribution in [0.1, 0.15) is 87.8 Å². The van der Waals surface area contributed by atoms with E-state index in [2.05, 4.69) is 20.9 Å². The lowest BCUT2D eigenvalue weighted by Crippen LogP contribution is -2.49. The molecule has 0 unspecified atom stereocenters. The average molecular weight is 716 g/mol. The number of rotatable bonds is 23. The highest BCUT2D eigenvalue weighted by molar-refractivity contribution is 5.94. The molecule has 0 heterocycles. The molecule has 0 bridgehead atoms. The van der Waals surface area contributed by atoms with Gasteiger partial charge in [0.25, 0.3) is 0 Å². The highest BCUT2D eigenvalue weighted by Gasteiger charge is 2.32. The minimum atomic E-state index is -3.52. The van der Waals surface area contributed by atoms with Gasteiger partial charge in [0.1, 0.15) is 11.6 Å². The number of Topliss-reactive ketones (excluding diaryl/α,β-unsaturated/α-hetero) is 1. The number of esters is 1. The van der Waals surface area contributed by atoms with E-state index in [0.29, 0.717) is 24.9 Å². The van der Waals surface area contributed by atoms with Gasteiger partial charge in [-0.1, -0.05) is 60.5 Å². The first-order valence-corrected chi connectivity index (χ1v) is 16.8. The molecule has 0 aliphatic carbocycles. The largest absolute Gasteiger partial charge is 0.460 e. The zero-order chi connectivity index (χ0) is 44.9. The van der Waals surface area contributed by atoms with Crippen LogP contribution in [0, 0.1) is 11.8 Å². The van der Waals surface area contributed by atoms with Gasteiger partial charge in [-0.2, -0.15) is 0 Å². The van der Waals surface area contributed by atoms with Crippen LogP contribution < -0.4 is 33.2 Å². The quantitative estimate of drug-likeness (QED) is 0.0430. The van der Waals surface area contributed by atoms with Gasteiger partial charge in [0.2, 0.25) is 17.7 Å². The van der Waals surface area contributed by atoms with Gasteiger partial charge in [0.15, 0.2) is 11.7 Å². The summed E-state index contributed by atoms with van der Waals surface area (Å²) in [7, 11) is 1.71. The maximum absolute atomic E-state index is 14.5. The Bertz CT molecular complexity index is 1820. The number of hydrogen-bond acceptors (Lipinski definition) is 8. The molecule has 9 N–H and O–H groups in total. The first-order valence-electron chi connectivity index (χ1n) is 20.8. The average Bonchev–Trinajstić information content (AvgIpc) is 3.14. The minimum absolute atomic E-state index is 0.0308. The van der Waals surface area contributed by atoms with Crippen LogP contribution >= 0.6 is 0 Å². The van der Waals surface area contributed by atoms with Crippen LogP contribution in [0.3, 0.4) is 0 Å². The summed E-state index contributed by atoms with van der Waals surface area (Å²) in [4.78, 5) is 72.2. The number of benzene rings is 2. The van der Waals surface area contributed by atoms with Gasteiger partial charge in [-0.3, -0.25) is 29.0 Å². The van der Waals surface area contributed by atoms with Crippen molar-refractivity contribution in [3.63, 3.8) is 0 Å². The smallest absolute Gasteiger partial charge is 0.307 e. The van der Waals surface area contributed by atoms with Crippen molar-refractivity contribution < 1.29 is 39.7 Å². The molecule has 13 heteroatoms. The molecular formula is C38H57N7O6. The third-order valence-electron chi connectivity index (χ3n) is 7.40. The van der Waals surface area contributed by atoms with E-state index in [9.17, 15) is 25.3 Å².